The van der Waals surface area contributed by atoms with E-state index in [9.17, 15) is 0 Å². The van der Waals surface area contributed by atoms with Crippen molar-refractivity contribution in [2.24, 2.45) is 0 Å². The molecule has 1 aromatic rings. The Morgan fingerprint density at radius 1 is 1.50 bits per heavy atom. The number of hydrogen-bond acceptors (Lipinski definition) is 3. The van der Waals surface area contributed by atoms with E-state index in [1.807, 2.05) is 17.5 Å². The van der Waals surface area contributed by atoms with Crippen molar-refractivity contribution in [1.29, 1.82) is 0 Å². The molecule has 1 heterocycles. The summed E-state index contributed by atoms with van der Waals surface area (Å²) in [6.45, 7) is 0. The first-order valence-electron chi connectivity index (χ1n) is 3.30. The van der Waals surface area contributed by atoms with Gasteiger partial charge in [-0.3, -0.25) is 0 Å². The van der Waals surface area contributed by atoms with E-state index in [0.29, 0.717) is 10.1 Å². The molecule has 0 saturated heterocycles. The minimum absolute atomic E-state index is 0.549. The van der Waals surface area contributed by atoms with Crippen LogP contribution in [0.4, 0.5) is 0 Å². The van der Waals surface area contributed by atoms with Gasteiger partial charge in [0.1, 0.15) is 4.99 Å². The average molecular weight is 216 g/mol. The van der Waals surface area contributed by atoms with Gasteiger partial charge in [0, 0.05) is 7.05 Å². The van der Waals surface area contributed by atoms with Gasteiger partial charge in [-0.25, -0.2) is 0 Å². The Morgan fingerprint density at radius 3 is 2.75 bits per heavy atom. The van der Waals surface area contributed by atoms with Crippen LogP contribution in [0.1, 0.15) is 4.88 Å². The van der Waals surface area contributed by atoms with Gasteiger partial charge < -0.3 is 10.6 Å². The van der Waals surface area contributed by atoms with Gasteiger partial charge >= 0.3 is 0 Å². The lowest BCUT2D eigenvalue weighted by atomic mass is 10.5. The molecule has 0 bridgehead atoms. The van der Waals surface area contributed by atoms with Gasteiger partial charge in [0.2, 0.25) is 0 Å². The van der Waals surface area contributed by atoms with Crippen molar-refractivity contribution < 1.29 is 0 Å². The Hall–Kier alpha value is -0.520. The Labute approximate surface area is 86.0 Å². The van der Waals surface area contributed by atoms with Gasteiger partial charge in [-0.2, -0.15) is 0 Å². The van der Waals surface area contributed by atoms with Crippen molar-refractivity contribution in [3.63, 3.8) is 0 Å². The van der Waals surface area contributed by atoms with Crippen LogP contribution in [0.5, 0.6) is 0 Å². The number of hydrogen-bond donors (Lipinski definition) is 2. The maximum absolute atomic E-state index is 5.09. The Bertz CT molecular complexity index is 279. The fourth-order valence-electron chi connectivity index (χ4n) is 0.635. The molecule has 2 nitrogen and oxygen atoms in total. The lowest BCUT2D eigenvalue weighted by molar-refractivity contribution is 1.14. The summed E-state index contributed by atoms with van der Waals surface area (Å²) < 4.78 is 0. The number of rotatable bonds is 1. The number of nitrogens with one attached hydrogen (secondary N) is 2. The van der Waals surface area contributed by atoms with E-state index in [-0.39, 0.29) is 0 Å². The lowest BCUT2D eigenvalue weighted by Crippen LogP contribution is -2.36. The van der Waals surface area contributed by atoms with Crippen molar-refractivity contribution in [3.8, 4) is 0 Å². The maximum Gasteiger partial charge on any atom is 0.171 e. The minimum atomic E-state index is 0.549. The zero-order chi connectivity index (χ0) is 8.97. The molecule has 2 N–H and O–H groups in total. The molecule has 0 aliphatic heterocycles. The molecule has 0 radical (unpaired) electrons. The molecule has 0 aliphatic rings. The van der Waals surface area contributed by atoms with Gasteiger partial charge in [-0.1, -0.05) is 18.3 Å². The lowest BCUT2D eigenvalue weighted by Gasteiger charge is -2.05. The van der Waals surface area contributed by atoms with Crippen molar-refractivity contribution in [1.82, 2.24) is 10.6 Å². The van der Waals surface area contributed by atoms with Crippen molar-refractivity contribution in [3.05, 3.63) is 22.4 Å². The summed E-state index contributed by atoms with van der Waals surface area (Å²) >= 11 is 11.6. The van der Waals surface area contributed by atoms with E-state index in [4.69, 9.17) is 24.4 Å². The second kappa shape index (κ2) is 4.49. The van der Waals surface area contributed by atoms with E-state index in [1.165, 1.54) is 0 Å². The van der Waals surface area contributed by atoms with Crippen LogP contribution in [0.25, 0.3) is 0 Å². The van der Waals surface area contributed by atoms with E-state index >= 15 is 0 Å². The third kappa shape index (κ3) is 2.51. The SMILES string of the molecule is CNC(=S)NC(=S)c1cccs1. The van der Waals surface area contributed by atoms with Crippen LogP contribution < -0.4 is 10.6 Å². The number of thiophene rings is 1. The summed E-state index contributed by atoms with van der Waals surface area (Å²) in [6.07, 6.45) is 0. The fraction of sp³-hybridized carbons (Fsp3) is 0.143. The zero-order valence-corrected chi connectivity index (χ0v) is 8.91. The van der Waals surface area contributed by atoms with Crippen LogP contribution in [0.15, 0.2) is 17.5 Å². The van der Waals surface area contributed by atoms with E-state index in [2.05, 4.69) is 10.6 Å². The van der Waals surface area contributed by atoms with E-state index in [1.54, 1.807) is 18.4 Å². The molecule has 1 aromatic heterocycles. The maximum atomic E-state index is 5.09. The Balaban J connectivity index is 2.56. The summed E-state index contributed by atoms with van der Waals surface area (Å²) in [4.78, 5) is 1.70. The summed E-state index contributed by atoms with van der Waals surface area (Å²) in [5.41, 5.74) is 0. The Morgan fingerprint density at radius 2 is 2.25 bits per heavy atom. The average Bonchev–Trinajstić information content (AvgIpc) is 2.56. The smallest absolute Gasteiger partial charge is 0.171 e. The van der Waals surface area contributed by atoms with Gasteiger partial charge in [0.15, 0.2) is 5.11 Å². The molecule has 64 valence electrons. The summed E-state index contributed by atoms with van der Waals surface area (Å²) in [5, 5.41) is 8.22. The van der Waals surface area contributed by atoms with Crippen molar-refractivity contribution >= 4 is 45.9 Å². The number of thiocarbonyl (C=S) groups is 2. The highest BCUT2D eigenvalue weighted by Crippen LogP contribution is 2.08. The first-order chi connectivity index (χ1) is 5.74. The molecule has 0 saturated carbocycles. The van der Waals surface area contributed by atoms with Gasteiger partial charge in [-0.05, 0) is 23.7 Å². The normalized spacial score (nSPS) is 9.08. The first kappa shape index (κ1) is 9.57. The molecule has 1 rings (SSSR count). The largest absolute Gasteiger partial charge is 0.366 e. The molecule has 5 heteroatoms. The predicted molar refractivity (Wildman–Crippen MR) is 60.8 cm³/mol. The molecule has 0 fully saturated rings. The van der Waals surface area contributed by atoms with Gasteiger partial charge in [0.05, 0.1) is 4.88 Å². The highest BCUT2D eigenvalue weighted by atomic mass is 32.1. The highest BCUT2D eigenvalue weighted by molar-refractivity contribution is 7.82. The molecular weight excluding hydrogens is 208 g/mol. The van der Waals surface area contributed by atoms with E-state index < -0.39 is 0 Å². The fourth-order valence-corrected chi connectivity index (χ4v) is 1.74. The standard InChI is InChI=1S/C7H8N2S3/c1-8-7(11)9-6(10)5-3-2-4-12-5/h2-4H,1H3,(H2,8,9,10,11). The molecule has 0 amide bonds. The van der Waals surface area contributed by atoms with Gasteiger partial charge in [0.25, 0.3) is 0 Å². The van der Waals surface area contributed by atoms with Crippen LogP contribution in [0.2, 0.25) is 0 Å². The van der Waals surface area contributed by atoms with Crippen LogP contribution >= 0.6 is 35.8 Å². The molecule has 0 aliphatic carbocycles. The molecule has 0 atom stereocenters. The monoisotopic (exact) mass is 216 g/mol. The third-order valence-corrected chi connectivity index (χ3v) is 2.84. The Kier molecular flexibility index (Phi) is 3.58. The van der Waals surface area contributed by atoms with Crippen LogP contribution in [-0.2, 0) is 0 Å². The van der Waals surface area contributed by atoms with Crippen molar-refractivity contribution in [2.75, 3.05) is 7.05 Å². The predicted octanol–water partition coefficient (Wildman–Crippen LogP) is 1.52. The first-order valence-corrected chi connectivity index (χ1v) is 5.00. The second-order valence-electron chi connectivity index (χ2n) is 2.01. The molecular formula is C7H8N2S3. The second-order valence-corrected chi connectivity index (χ2v) is 3.77. The minimum Gasteiger partial charge on any atom is -0.366 e. The summed E-state index contributed by atoms with van der Waals surface area (Å²) in [5.74, 6) is 0. The van der Waals surface area contributed by atoms with Crippen molar-refractivity contribution in [2.45, 2.75) is 0 Å². The van der Waals surface area contributed by atoms with Crippen LogP contribution in [0.3, 0.4) is 0 Å². The van der Waals surface area contributed by atoms with Gasteiger partial charge in [-0.15, -0.1) is 11.3 Å². The van der Waals surface area contributed by atoms with Crippen LogP contribution in [-0.4, -0.2) is 17.1 Å². The molecule has 12 heavy (non-hydrogen) atoms. The molecule has 0 aromatic carbocycles. The quantitative estimate of drug-likeness (QED) is 0.695. The summed E-state index contributed by atoms with van der Waals surface area (Å²) in [7, 11) is 1.76. The van der Waals surface area contributed by atoms with E-state index in [0.717, 1.165) is 4.88 Å². The zero-order valence-electron chi connectivity index (χ0n) is 6.46. The molecule has 0 unspecified atom stereocenters. The topological polar surface area (TPSA) is 24.1 Å². The highest BCUT2D eigenvalue weighted by Gasteiger charge is 2.01. The summed E-state index contributed by atoms with van der Waals surface area (Å²) in [6, 6.07) is 3.91. The van der Waals surface area contributed by atoms with Crippen LogP contribution in [0, 0.1) is 0 Å². The molecule has 0 spiro atoms. The third-order valence-electron chi connectivity index (χ3n) is 1.20.